The Bertz CT molecular complexity index is 1130. The van der Waals surface area contributed by atoms with Crippen LogP contribution in [0.15, 0.2) is 11.1 Å². The molecule has 1 amide bonds. The summed E-state index contributed by atoms with van der Waals surface area (Å²) in [4.78, 5) is 32.0. The van der Waals surface area contributed by atoms with Crippen LogP contribution in [0, 0.1) is 5.92 Å². The number of nitrogens with one attached hydrogen (secondary N) is 1. The van der Waals surface area contributed by atoms with Gasteiger partial charge in [0, 0.05) is 11.5 Å². The summed E-state index contributed by atoms with van der Waals surface area (Å²) in [6.07, 6.45) is 6.36. The molecule has 2 aliphatic rings. The van der Waals surface area contributed by atoms with Crippen LogP contribution < -0.4 is 10.9 Å². The van der Waals surface area contributed by atoms with Crippen LogP contribution in [0.2, 0.25) is 0 Å². The smallest absolute Gasteiger partial charge is 0.262 e. The lowest BCUT2D eigenvalue weighted by atomic mass is 9.89. The zero-order valence-corrected chi connectivity index (χ0v) is 17.6. The van der Waals surface area contributed by atoms with Gasteiger partial charge in [-0.25, -0.2) is 4.98 Å². The quantitative estimate of drug-likeness (QED) is 0.682. The van der Waals surface area contributed by atoms with Gasteiger partial charge in [0.1, 0.15) is 22.5 Å². The van der Waals surface area contributed by atoms with Gasteiger partial charge >= 0.3 is 0 Å². The maximum atomic E-state index is 13.0. The largest absolute Gasteiger partial charge is 0.371 e. The second-order valence-electron chi connectivity index (χ2n) is 7.70. The standard InChI is InChI=1S/C19H21N5O3S2/c1-10-4-5-11-13(7-10)28-17-15(11)18(26)24(9-20-17)8-14(25)21-19-23-22-16(29-19)12-3-2-6-27-12/h9-10,12H,2-8H2,1H3,(H,21,23,25). The minimum atomic E-state index is -0.319. The van der Waals surface area contributed by atoms with Crippen molar-refractivity contribution in [2.45, 2.75) is 51.7 Å². The van der Waals surface area contributed by atoms with Gasteiger partial charge in [0.05, 0.1) is 11.7 Å². The Labute approximate surface area is 174 Å². The number of ether oxygens (including phenoxy) is 1. The van der Waals surface area contributed by atoms with E-state index in [9.17, 15) is 9.59 Å². The maximum Gasteiger partial charge on any atom is 0.262 e. The minimum Gasteiger partial charge on any atom is -0.371 e. The number of nitrogens with zero attached hydrogens (tertiary/aromatic N) is 4. The summed E-state index contributed by atoms with van der Waals surface area (Å²) in [5.41, 5.74) is 0.982. The summed E-state index contributed by atoms with van der Waals surface area (Å²) in [6, 6.07) is 0. The molecule has 1 saturated heterocycles. The predicted molar refractivity (Wildman–Crippen MR) is 112 cm³/mol. The van der Waals surface area contributed by atoms with Crippen molar-refractivity contribution in [3.05, 3.63) is 32.1 Å². The number of hydrogen-bond donors (Lipinski definition) is 1. The molecule has 4 heterocycles. The molecule has 0 aromatic carbocycles. The summed E-state index contributed by atoms with van der Waals surface area (Å²) in [5.74, 6) is 0.316. The number of amides is 1. The van der Waals surface area contributed by atoms with Crippen LogP contribution in [0.3, 0.4) is 0 Å². The van der Waals surface area contributed by atoms with E-state index in [2.05, 4.69) is 27.4 Å². The molecular weight excluding hydrogens is 410 g/mol. The van der Waals surface area contributed by atoms with Gasteiger partial charge in [0.15, 0.2) is 0 Å². The monoisotopic (exact) mass is 431 g/mol. The number of thiophene rings is 1. The summed E-state index contributed by atoms with van der Waals surface area (Å²) in [5, 5.41) is 12.8. The Hall–Kier alpha value is -2.17. The highest BCUT2D eigenvalue weighted by atomic mass is 32.1. The highest BCUT2D eigenvalue weighted by Gasteiger charge is 2.24. The van der Waals surface area contributed by atoms with Crippen molar-refractivity contribution in [1.29, 1.82) is 0 Å². The molecule has 8 nitrogen and oxygen atoms in total. The van der Waals surface area contributed by atoms with Crippen LogP contribution in [-0.2, 0) is 28.9 Å². The minimum absolute atomic E-state index is 0.0279. The summed E-state index contributed by atoms with van der Waals surface area (Å²) in [7, 11) is 0. The zero-order chi connectivity index (χ0) is 20.0. The number of aryl methyl sites for hydroxylation is 1. The van der Waals surface area contributed by atoms with Crippen LogP contribution >= 0.6 is 22.7 Å². The number of hydrogen-bond acceptors (Lipinski definition) is 8. The number of aromatic nitrogens is 4. The van der Waals surface area contributed by atoms with E-state index in [1.807, 2.05) is 0 Å². The molecule has 0 spiro atoms. The number of carbonyl (C=O) groups excluding carboxylic acids is 1. The van der Waals surface area contributed by atoms with Crippen LogP contribution in [0.5, 0.6) is 0 Å². The third kappa shape index (κ3) is 3.60. The molecule has 0 radical (unpaired) electrons. The second-order valence-corrected chi connectivity index (χ2v) is 9.80. The fourth-order valence-corrected chi connectivity index (χ4v) is 6.16. The molecule has 2 unspecified atom stereocenters. The zero-order valence-electron chi connectivity index (χ0n) is 16.0. The lowest BCUT2D eigenvalue weighted by Crippen LogP contribution is -2.28. The van der Waals surface area contributed by atoms with Crippen molar-refractivity contribution in [2.24, 2.45) is 5.92 Å². The molecule has 1 fully saturated rings. The van der Waals surface area contributed by atoms with Crippen molar-refractivity contribution >= 4 is 43.9 Å². The Morgan fingerprint density at radius 3 is 3.07 bits per heavy atom. The molecule has 1 aliphatic heterocycles. The summed E-state index contributed by atoms with van der Waals surface area (Å²) in [6.45, 7) is 2.87. The first-order chi connectivity index (χ1) is 14.1. The molecule has 2 atom stereocenters. The Kier molecular flexibility index (Phi) is 4.92. The van der Waals surface area contributed by atoms with Crippen LogP contribution in [0.4, 0.5) is 5.13 Å². The van der Waals surface area contributed by atoms with E-state index in [4.69, 9.17) is 4.74 Å². The Morgan fingerprint density at radius 2 is 2.24 bits per heavy atom. The average Bonchev–Trinajstić information content (AvgIpc) is 3.42. The van der Waals surface area contributed by atoms with Crippen molar-refractivity contribution in [3.8, 4) is 0 Å². The molecule has 3 aromatic rings. The molecule has 152 valence electrons. The van der Waals surface area contributed by atoms with Crippen LogP contribution in [-0.4, -0.2) is 32.3 Å². The van der Waals surface area contributed by atoms with Gasteiger partial charge in [-0.3, -0.25) is 19.5 Å². The van der Waals surface area contributed by atoms with Crippen molar-refractivity contribution < 1.29 is 9.53 Å². The molecular formula is C19H21N5O3S2. The van der Waals surface area contributed by atoms with Gasteiger partial charge in [-0.05, 0) is 43.6 Å². The number of fused-ring (bicyclic) bond motifs is 3. The van der Waals surface area contributed by atoms with Gasteiger partial charge in [-0.2, -0.15) is 0 Å². The average molecular weight is 432 g/mol. The van der Waals surface area contributed by atoms with Crippen LogP contribution in [0.1, 0.15) is 47.7 Å². The first-order valence-corrected chi connectivity index (χ1v) is 11.5. The molecule has 1 aliphatic carbocycles. The lowest BCUT2D eigenvalue weighted by molar-refractivity contribution is -0.116. The van der Waals surface area contributed by atoms with Crippen molar-refractivity contribution in [2.75, 3.05) is 11.9 Å². The second kappa shape index (κ2) is 7.58. The number of carbonyl (C=O) groups is 1. The van der Waals surface area contributed by atoms with Crippen molar-refractivity contribution in [1.82, 2.24) is 19.7 Å². The van der Waals surface area contributed by atoms with Gasteiger partial charge in [-0.15, -0.1) is 21.5 Å². The predicted octanol–water partition coefficient (Wildman–Crippen LogP) is 2.92. The fraction of sp³-hybridized carbons (Fsp3) is 0.526. The molecule has 3 aromatic heterocycles. The Balaban J connectivity index is 1.34. The van der Waals surface area contributed by atoms with E-state index in [1.165, 1.54) is 27.1 Å². The fourth-order valence-electron chi connectivity index (χ4n) is 3.98. The molecule has 5 rings (SSSR count). The van der Waals surface area contributed by atoms with E-state index in [0.717, 1.165) is 54.1 Å². The molecule has 1 N–H and O–H groups in total. The van der Waals surface area contributed by atoms with Gasteiger partial charge < -0.3 is 4.74 Å². The number of anilines is 1. The van der Waals surface area contributed by atoms with E-state index < -0.39 is 0 Å². The first-order valence-electron chi connectivity index (χ1n) is 9.83. The van der Waals surface area contributed by atoms with Crippen LogP contribution in [0.25, 0.3) is 10.2 Å². The van der Waals surface area contributed by atoms with E-state index in [0.29, 0.717) is 16.4 Å². The maximum absolute atomic E-state index is 13.0. The van der Waals surface area contributed by atoms with Crippen molar-refractivity contribution in [3.63, 3.8) is 0 Å². The third-order valence-corrected chi connectivity index (χ3v) is 7.58. The first kappa shape index (κ1) is 18.8. The van der Waals surface area contributed by atoms with Gasteiger partial charge in [0.25, 0.3) is 5.56 Å². The van der Waals surface area contributed by atoms with Gasteiger partial charge in [-0.1, -0.05) is 18.3 Å². The topological polar surface area (TPSA) is 99.0 Å². The summed E-state index contributed by atoms with van der Waals surface area (Å²) >= 11 is 2.92. The molecule has 10 heteroatoms. The normalized spacial score (nSPS) is 21.4. The molecule has 0 bridgehead atoms. The number of rotatable bonds is 4. The highest BCUT2D eigenvalue weighted by Crippen LogP contribution is 2.35. The lowest BCUT2D eigenvalue weighted by Gasteiger charge is -2.17. The molecule has 0 saturated carbocycles. The SMILES string of the molecule is CC1CCc2c(sc3ncn(CC(=O)Nc4nnc(C5CCCO5)s4)c(=O)c23)C1. The van der Waals surface area contributed by atoms with E-state index in [1.54, 1.807) is 11.3 Å². The molecule has 29 heavy (non-hydrogen) atoms. The van der Waals surface area contributed by atoms with Gasteiger partial charge in [0.2, 0.25) is 11.0 Å². The van der Waals surface area contributed by atoms with E-state index in [-0.39, 0.29) is 24.1 Å². The third-order valence-electron chi connectivity index (χ3n) is 5.49. The highest BCUT2D eigenvalue weighted by molar-refractivity contribution is 7.18. The van der Waals surface area contributed by atoms with E-state index >= 15 is 0 Å². The summed E-state index contributed by atoms with van der Waals surface area (Å²) < 4.78 is 6.98. The Morgan fingerprint density at radius 1 is 1.34 bits per heavy atom.